The Hall–Kier alpha value is -1.82. The zero-order valence-corrected chi connectivity index (χ0v) is 12.1. The van der Waals surface area contributed by atoms with E-state index in [0.717, 1.165) is 17.3 Å². The van der Waals surface area contributed by atoms with Crippen LogP contribution in [0.5, 0.6) is 0 Å². The molecule has 2 aromatic heterocycles. The molecule has 6 nitrogen and oxygen atoms in total. The second kappa shape index (κ2) is 5.05. The number of hydrogen-bond donors (Lipinski definition) is 1. The third-order valence-corrected chi connectivity index (χ3v) is 2.58. The van der Waals surface area contributed by atoms with Gasteiger partial charge < -0.3 is 5.32 Å². The molecular formula is C13H20N6. The van der Waals surface area contributed by atoms with E-state index in [1.54, 1.807) is 17.1 Å². The van der Waals surface area contributed by atoms with Crippen molar-refractivity contribution in [3.63, 3.8) is 0 Å². The van der Waals surface area contributed by atoms with Crippen molar-refractivity contribution in [1.82, 2.24) is 30.0 Å². The number of rotatable bonds is 3. The van der Waals surface area contributed by atoms with Crippen molar-refractivity contribution in [3.8, 4) is 5.82 Å². The molecule has 0 aliphatic rings. The van der Waals surface area contributed by atoms with Crippen LogP contribution in [-0.2, 0) is 6.54 Å². The van der Waals surface area contributed by atoms with Crippen LogP contribution < -0.4 is 5.32 Å². The first-order valence-electron chi connectivity index (χ1n) is 6.32. The fourth-order valence-corrected chi connectivity index (χ4v) is 1.64. The van der Waals surface area contributed by atoms with Crippen molar-refractivity contribution in [1.29, 1.82) is 0 Å². The summed E-state index contributed by atoms with van der Waals surface area (Å²) in [6, 6.07) is 0. The van der Waals surface area contributed by atoms with Crippen LogP contribution >= 0.6 is 0 Å². The summed E-state index contributed by atoms with van der Waals surface area (Å²) >= 11 is 0. The predicted molar refractivity (Wildman–Crippen MR) is 73.0 cm³/mol. The number of aryl methyl sites for hydroxylation is 2. The molecule has 0 aliphatic carbocycles. The lowest BCUT2D eigenvalue weighted by molar-refractivity contribution is 0.421. The molecule has 0 atom stereocenters. The molecule has 0 saturated heterocycles. The molecule has 0 aromatic carbocycles. The number of nitrogens with zero attached hydrogens (tertiary/aromatic N) is 5. The van der Waals surface area contributed by atoms with Crippen LogP contribution in [0.2, 0.25) is 0 Å². The molecule has 19 heavy (non-hydrogen) atoms. The van der Waals surface area contributed by atoms with E-state index in [2.05, 4.69) is 46.1 Å². The molecule has 2 aromatic rings. The monoisotopic (exact) mass is 260 g/mol. The Balaban J connectivity index is 2.12. The van der Waals surface area contributed by atoms with E-state index < -0.39 is 0 Å². The maximum atomic E-state index is 4.39. The minimum Gasteiger partial charge on any atom is -0.306 e. The molecule has 0 unspecified atom stereocenters. The van der Waals surface area contributed by atoms with Gasteiger partial charge in [0.05, 0.1) is 18.1 Å². The van der Waals surface area contributed by atoms with Gasteiger partial charge in [-0.05, 0) is 34.6 Å². The van der Waals surface area contributed by atoms with Crippen molar-refractivity contribution >= 4 is 0 Å². The van der Waals surface area contributed by atoms with Gasteiger partial charge in [-0.3, -0.25) is 4.98 Å². The Kier molecular flexibility index (Phi) is 3.61. The summed E-state index contributed by atoms with van der Waals surface area (Å²) in [5.41, 5.74) is 0.980. The van der Waals surface area contributed by atoms with Gasteiger partial charge in [-0.15, -0.1) is 5.10 Å². The standard InChI is InChI=1S/C13H20N6/c1-9-17-10(2)19(18-9)12-8-14-11(6-15-12)7-16-13(3,4)5/h6,8,16H,7H2,1-5H3. The van der Waals surface area contributed by atoms with Crippen LogP contribution in [0.4, 0.5) is 0 Å². The van der Waals surface area contributed by atoms with Crippen molar-refractivity contribution in [3.05, 3.63) is 29.7 Å². The summed E-state index contributed by atoms with van der Waals surface area (Å²) in [5.74, 6) is 2.24. The average molecular weight is 260 g/mol. The molecule has 2 heterocycles. The van der Waals surface area contributed by atoms with Gasteiger partial charge in [0.15, 0.2) is 5.82 Å². The maximum Gasteiger partial charge on any atom is 0.174 e. The van der Waals surface area contributed by atoms with E-state index in [4.69, 9.17) is 0 Å². The maximum absolute atomic E-state index is 4.39. The number of aromatic nitrogens is 5. The van der Waals surface area contributed by atoms with Gasteiger partial charge in [-0.2, -0.15) is 4.68 Å². The summed E-state index contributed by atoms with van der Waals surface area (Å²) in [5, 5.41) is 7.66. The lowest BCUT2D eigenvalue weighted by Crippen LogP contribution is -2.35. The number of nitrogens with one attached hydrogen (secondary N) is 1. The second-order valence-electron chi connectivity index (χ2n) is 5.59. The zero-order valence-electron chi connectivity index (χ0n) is 12.1. The Labute approximate surface area is 113 Å². The third-order valence-electron chi connectivity index (χ3n) is 2.58. The van der Waals surface area contributed by atoms with Gasteiger partial charge in [0.1, 0.15) is 11.6 Å². The Morgan fingerprint density at radius 3 is 2.37 bits per heavy atom. The fraction of sp³-hybridized carbons (Fsp3) is 0.538. The van der Waals surface area contributed by atoms with Crippen molar-refractivity contribution < 1.29 is 0 Å². The SMILES string of the molecule is Cc1nc(C)n(-c2cnc(CNC(C)(C)C)cn2)n1. The minimum atomic E-state index is 0.0694. The van der Waals surface area contributed by atoms with E-state index in [1.807, 2.05) is 13.8 Å². The van der Waals surface area contributed by atoms with Gasteiger partial charge in [0, 0.05) is 12.1 Å². The molecule has 0 saturated carbocycles. The molecular weight excluding hydrogens is 240 g/mol. The first-order valence-corrected chi connectivity index (χ1v) is 6.32. The van der Waals surface area contributed by atoms with Crippen LogP contribution in [0.25, 0.3) is 5.82 Å². The highest BCUT2D eigenvalue weighted by Gasteiger charge is 2.10. The van der Waals surface area contributed by atoms with Gasteiger partial charge in [-0.1, -0.05) is 0 Å². The van der Waals surface area contributed by atoms with Gasteiger partial charge in [0.25, 0.3) is 0 Å². The number of hydrogen-bond acceptors (Lipinski definition) is 5. The van der Waals surface area contributed by atoms with Gasteiger partial charge in [-0.25, -0.2) is 9.97 Å². The first kappa shape index (κ1) is 13.6. The summed E-state index contributed by atoms with van der Waals surface area (Å²) in [6.45, 7) is 10.8. The van der Waals surface area contributed by atoms with Crippen LogP contribution in [0.15, 0.2) is 12.4 Å². The van der Waals surface area contributed by atoms with Gasteiger partial charge in [0.2, 0.25) is 0 Å². The van der Waals surface area contributed by atoms with Crippen LogP contribution in [0, 0.1) is 13.8 Å². The van der Waals surface area contributed by atoms with E-state index in [1.165, 1.54) is 0 Å². The van der Waals surface area contributed by atoms with Crippen molar-refractivity contribution in [2.45, 2.75) is 46.7 Å². The first-order chi connectivity index (χ1) is 8.85. The Morgan fingerprint density at radius 2 is 1.89 bits per heavy atom. The van der Waals surface area contributed by atoms with Crippen molar-refractivity contribution in [2.24, 2.45) is 0 Å². The average Bonchev–Trinajstić information content (AvgIpc) is 2.66. The predicted octanol–water partition coefficient (Wildman–Crippen LogP) is 1.56. The van der Waals surface area contributed by atoms with E-state index in [-0.39, 0.29) is 5.54 Å². The molecule has 0 radical (unpaired) electrons. The largest absolute Gasteiger partial charge is 0.306 e. The zero-order chi connectivity index (χ0) is 14.0. The van der Waals surface area contributed by atoms with Gasteiger partial charge >= 0.3 is 0 Å². The fourth-order valence-electron chi connectivity index (χ4n) is 1.64. The van der Waals surface area contributed by atoms with Crippen LogP contribution in [0.3, 0.4) is 0 Å². The van der Waals surface area contributed by atoms with Crippen LogP contribution in [0.1, 0.15) is 38.1 Å². The summed E-state index contributed by atoms with van der Waals surface area (Å²) in [7, 11) is 0. The summed E-state index contributed by atoms with van der Waals surface area (Å²) < 4.78 is 1.70. The van der Waals surface area contributed by atoms with E-state index >= 15 is 0 Å². The molecule has 0 spiro atoms. The quantitative estimate of drug-likeness (QED) is 0.907. The molecule has 6 heteroatoms. The second-order valence-corrected chi connectivity index (χ2v) is 5.59. The molecule has 102 valence electrons. The Morgan fingerprint density at radius 1 is 1.16 bits per heavy atom. The summed E-state index contributed by atoms with van der Waals surface area (Å²) in [4.78, 5) is 13.0. The van der Waals surface area contributed by atoms with Crippen molar-refractivity contribution in [2.75, 3.05) is 0 Å². The summed E-state index contributed by atoms with van der Waals surface area (Å²) in [6.07, 6.45) is 3.49. The lowest BCUT2D eigenvalue weighted by Gasteiger charge is -2.19. The normalized spacial score (nSPS) is 11.8. The molecule has 1 N–H and O–H groups in total. The topological polar surface area (TPSA) is 68.5 Å². The Bertz CT molecular complexity index is 550. The van der Waals surface area contributed by atoms with Crippen LogP contribution in [-0.4, -0.2) is 30.3 Å². The molecule has 0 amide bonds. The highest BCUT2D eigenvalue weighted by Crippen LogP contribution is 2.06. The highest BCUT2D eigenvalue weighted by molar-refractivity contribution is 5.19. The van der Waals surface area contributed by atoms with E-state index in [9.17, 15) is 0 Å². The smallest absolute Gasteiger partial charge is 0.174 e. The highest BCUT2D eigenvalue weighted by atomic mass is 15.4. The lowest BCUT2D eigenvalue weighted by atomic mass is 10.1. The molecule has 0 fully saturated rings. The molecule has 2 rings (SSSR count). The third kappa shape index (κ3) is 3.57. The van der Waals surface area contributed by atoms with E-state index in [0.29, 0.717) is 12.4 Å². The minimum absolute atomic E-state index is 0.0694. The molecule has 0 bridgehead atoms. The molecule has 0 aliphatic heterocycles.